The third-order valence-corrected chi connectivity index (χ3v) is 4.12. The van der Waals surface area contributed by atoms with Crippen molar-refractivity contribution >= 4 is 11.6 Å². The van der Waals surface area contributed by atoms with E-state index in [4.69, 9.17) is 4.74 Å². The maximum Gasteiger partial charge on any atom is 0.251 e. The van der Waals surface area contributed by atoms with Crippen LogP contribution in [-0.4, -0.2) is 32.7 Å². The molecule has 1 amide bonds. The van der Waals surface area contributed by atoms with Crippen LogP contribution >= 0.6 is 0 Å². The van der Waals surface area contributed by atoms with Gasteiger partial charge in [0.2, 0.25) is 0 Å². The Morgan fingerprint density at radius 1 is 1.00 bits per heavy atom. The minimum absolute atomic E-state index is 0.0328. The maximum absolute atomic E-state index is 12.2. The van der Waals surface area contributed by atoms with Gasteiger partial charge in [-0.25, -0.2) is 0 Å². The summed E-state index contributed by atoms with van der Waals surface area (Å²) in [5.74, 6) is 0.811. The number of amides is 1. The van der Waals surface area contributed by atoms with Gasteiger partial charge in [0.25, 0.3) is 5.91 Å². The highest BCUT2D eigenvalue weighted by molar-refractivity contribution is 5.94. The maximum atomic E-state index is 12.2. The number of carbonyl (C=O) groups is 1. The largest absolute Gasteiger partial charge is 0.497 e. The Morgan fingerprint density at radius 3 is 2.17 bits per heavy atom. The highest BCUT2D eigenvalue weighted by atomic mass is 16.5. The second-order valence-corrected chi connectivity index (χ2v) is 5.57. The molecule has 0 aliphatic carbocycles. The summed E-state index contributed by atoms with van der Waals surface area (Å²) >= 11 is 0. The van der Waals surface area contributed by atoms with Crippen LogP contribution in [0.5, 0.6) is 5.75 Å². The Labute approximate surface area is 144 Å². The van der Waals surface area contributed by atoms with E-state index in [1.807, 2.05) is 48.5 Å². The Morgan fingerprint density at radius 2 is 1.62 bits per heavy atom. The number of anilines is 1. The van der Waals surface area contributed by atoms with Gasteiger partial charge in [0.15, 0.2) is 0 Å². The minimum atomic E-state index is -0.0328. The summed E-state index contributed by atoms with van der Waals surface area (Å²) in [6.45, 7) is 6.79. The van der Waals surface area contributed by atoms with E-state index >= 15 is 0 Å². The molecule has 0 heterocycles. The quantitative estimate of drug-likeness (QED) is 0.807. The molecule has 1 N–H and O–H groups in total. The predicted molar refractivity (Wildman–Crippen MR) is 99.0 cm³/mol. The molecule has 0 saturated carbocycles. The van der Waals surface area contributed by atoms with E-state index < -0.39 is 0 Å². The first-order valence-corrected chi connectivity index (χ1v) is 8.44. The molecule has 2 aromatic carbocycles. The first-order valence-electron chi connectivity index (χ1n) is 8.44. The Kier molecular flexibility index (Phi) is 6.67. The SMILES string of the molecule is CCN(CC)c1ccc(C(=O)NCCc2ccc(OC)cc2)cc1. The van der Waals surface area contributed by atoms with Gasteiger partial charge in [-0.05, 0) is 62.2 Å². The summed E-state index contributed by atoms with van der Waals surface area (Å²) in [4.78, 5) is 14.5. The predicted octanol–water partition coefficient (Wildman–Crippen LogP) is 3.51. The van der Waals surface area contributed by atoms with Crippen molar-refractivity contribution in [3.8, 4) is 5.75 Å². The highest BCUT2D eigenvalue weighted by Crippen LogP contribution is 2.15. The van der Waals surface area contributed by atoms with E-state index in [1.54, 1.807) is 7.11 Å². The molecule has 24 heavy (non-hydrogen) atoms. The molecule has 0 fully saturated rings. The van der Waals surface area contributed by atoms with Crippen molar-refractivity contribution in [1.82, 2.24) is 5.32 Å². The second-order valence-electron chi connectivity index (χ2n) is 5.57. The average Bonchev–Trinajstić information content (AvgIpc) is 2.64. The zero-order valence-corrected chi connectivity index (χ0v) is 14.7. The Balaban J connectivity index is 1.85. The van der Waals surface area contributed by atoms with Crippen LogP contribution in [0.25, 0.3) is 0 Å². The number of benzene rings is 2. The lowest BCUT2D eigenvalue weighted by atomic mass is 10.1. The first kappa shape index (κ1) is 17.9. The van der Waals surface area contributed by atoms with Gasteiger partial charge in [-0.1, -0.05) is 12.1 Å². The lowest BCUT2D eigenvalue weighted by Crippen LogP contribution is -2.26. The van der Waals surface area contributed by atoms with Gasteiger partial charge >= 0.3 is 0 Å². The van der Waals surface area contributed by atoms with Gasteiger partial charge in [0.05, 0.1) is 7.11 Å². The third-order valence-electron chi connectivity index (χ3n) is 4.12. The van der Waals surface area contributed by atoms with Crippen molar-refractivity contribution in [3.05, 3.63) is 59.7 Å². The summed E-state index contributed by atoms with van der Waals surface area (Å²) in [6, 6.07) is 15.7. The molecule has 0 spiro atoms. The highest BCUT2D eigenvalue weighted by Gasteiger charge is 2.07. The molecule has 0 saturated heterocycles. The van der Waals surface area contributed by atoms with Crippen LogP contribution in [0.15, 0.2) is 48.5 Å². The number of nitrogens with one attached hydrogen (secondary N) is 1. The molecule has 2 aromatic rings. The molecule has 0 aliphatic rings. The molecule has 128 valence electrons. The number of rotatable bonds is 8. The van der Waals surface area contributed by atoms with E-state index in [2.05, 4.69) is 24.1 Å². The van der Waals surface area contributed by atoms with Gasteiger partial charge < -0.3 is 15.0 Å². The standard InChI is InChI=1S/C20H26N2O2/c1-4-22(5-2)18-10-8-17(9-11-18)20(23)21-15-14-16-6-12-19(24-3)13-7-16/h6-13H,4-5,14-15H2,1-3H3,(H,21,23). The number of methoxy groups -OCH3 is 1. The Hall–Kier alpha value is -2.49. The van der Waals surface area contributed by atoms with E-state index in [0.29, 0.717) is 12.1 Å². The van der Waals surface area contributed by atoms with Crippen molar-refractivity contribution in [2.75, 3.05) is 31.6 Å². The molecule has 4 heteroatoms. The van der Waals surface area contributed by atoms with E-state index in [0.717, 1.165) is 30.9 Å². The van der Waals surface area contributed by atoms with Crippen LogP contribution in [0.1, 0.15) is 29.8 Å². The third kappa shape index (κ3) is 4.75. The smallest absolute Gasteiger partial charge is 0.251 e. The summed E-state index contributed by atoms with van der Waals surface area (Å²) in [6.07, 6.45) is 0.799. The number of ether oxygens (including phenoxy) is 1. The molecule has 4 nitrogen and oxygen atoms in total. The van der Waals surface area contributed by atoms with E-state index in [1.165, 1.54) is 5.56 Å². The van der Waals surface area contributed by atoms with Crippen molar-refractivity contribution in [1.29, 1.82) is 0 Å². The molecule has 0 aromatic heterocycles. The van der Waals surface area contributed by atoms with E-state index in [9.17, 15) is 4.79 Å². The van der Waals surface area contributed by atoms with Crippen LogP contribution in [0, 0.1) is 0 Å². The van der Waals surface area contributed by atoms with E-state index in [-0.39, 0.29) is 5.91 Å². The zero-order chi connectivity index (χ0) is 17.4. The van der Waals surface area contributed by atoms with Crippen LogP contribution in [0.2, 0.25) is 0 Å². The number of nitrogens with zero attached hydrogens (tertiary/aromatic N) is 1. The summed E-state index contributed by atoms with van der Waals surface area (Å²) < 4.78 is 5.14. The first-order chi connectivity index (χ1) is 11.7. The van der Waals surface area contributed by atoms with Gasteiger partial charge in [-0.2, -0.15) is 0 Å². The summed E-state index contributed by atoms with van der Waals surface area (Å²) in [5, 5.41) is 2.97. The van der Waals surface area contributed by atoms with Gasteiger partial charge in [-0.3, -0.25) is 4.79 Å². The zero-order valence-electron chi connectivity index (χ0n) is 14.7. The van der Waals surface area contributed by atoms with Crippen LogP contribution < -0.4 is 15.0 Å². The molecule has 0 unspecified atom stereocenters. The van der Waals surface area contributed by atoms with Crippen molar-refractivity contribution < 1.29 is 9.53 Å². The fourth-order valence-corrected chi connectivity index (χ4v) is 2.63. The monoisotopic (exact) mass is 326 g/mol. The second kappa shape index (κ2) is 8.96. The van der Waals surface area contributed by atoms with Crippen molar-refractivity contribution in [2.45, 2.75) is 20.3 Å². The topological polar surface area (TPSA) is 41.6 Å². The molecule has 0 atom stereocenters. The normalized spacial score (nSPS) is 10.3. The average molecular weight is 326 g/mol. The number of carbonyl (C=O) groups excluding carboxylic acids is 1. The molecule has 0 radical (unpaired) electrons. The van der Waals surface area contributed by atoms with Crippen molar-refractivity contribution in [2.24, 2.45) is 0 Å². The lowest BCUT2D eigenvalue weighted by molar-refractivity contribution is 0.0954. The molecule has 0 bridgehead atoms. The van der Waals surface area contributed by atoms with Crippen LogP contribution in [0.4, 0.5) is 5.69 Å². The minimum Gasteiger partial charge on any atom is -0.497 e. The van der Waals surface area contributed by atoms with Crippen LogP contribution in [0.3, 0.4) is 0 Å². The number of hydrogen-bond donors (Lipinski definition) is 1. The molecule has 0 aliphatic heterocycles. The molecular weight excluding hydrogens is 300 g/mol. The van der Waals surface area contributed by atoms with Crippen molar-refractivity contribution in [3.63, 3.8) is 0 Å². The van der Waals surface area contributed by atoms with Gasteiger partial charge in [-0.15, -0.1) is 0 Å². The Bertz CT molecular complexity index is 632. The van der Waals surface area contributed by atoms with Gasteiger partial charge in [0, 0.05) is 30.9 Å². The molecule has 2 rings (SSSR count). The van der Waals surface area contributed by atoms with Crippen LogP contribution in [-0.2, 0) is 6.42 Å². The number of hydrogen-bond acceptors (Lipinski definition) is 3. The fourth-order valence-electron chi connectivity index (χ4n) is 2.63. The summed E-state index contributed by atoms with van der Waals surface area (Å²) in [7, 11) is 1.65. The van der Waals surface area contributed by atoms with Gasteiger partial charge in [0.1, 0.15) is 5.75 Å². The molecular formula is C20H26N2O2. The lowest BCUT2D eigenvalue weighted by Gasteiger charge is -2.21. The fraction of sp³-hybridized carbons (Fsp3) is 0.350. The summed E-state index contributed by atoms with van der Waals surface area (Å²) in [5.41, 5.74) is 3.02.